The minimum absolute atomic E-state index is 0.0465. The zero-order valence-electron chi connectivity index (χ0n) is 17.5. The molecule has 0 bridgehead atoms. The lowest BCUT2D eigenvalue weighted by Crippen LogP contribution is -3.11. The van der Waals surface area contributed by atoms with E-state index in [9.17, 15) is 13.2 Å². The molecule has 0 saturated carbocycles. The van der Waals surface area contributed by atoms with E-state index in [1.807, 2.05) is 21.0 Å². The number of nitrogens with two attached hydrogens (primary N) is 1. The summed E-state index contributed by atoms with van der Waals surface area (Å²) < 4.78 is 22.7. The fourth-order valence-electron chi connectivity index (χ4n) is 3.06. The summed E-state index contributed by atoms with van der Waals surface area (Å²) in [5.41, 5.74) is 3.15. The predicted octanol–water partition coefficient (Wildman–Crippen LogP) is 0.682. The first-order chi connectivity index (χ1) is 13.6. The molecule has 0 saturated heterocycles. The van der Waals surface area contributed by atoms with Crippen molar-refractivity contribution in [2.24, 2.45) is 5.14 Å². The van der Waals surface area contributed by atoms with Gasteiger partial charge in [-0.2, -0.15) is 0 Å². The molecular formula is C21H31N4O3S+. The third-order valence-corrected chi connectivity index (χ3v) is 5.83. The van der Waals surface area contributed by atoms with E-state index in [0.717, 1.165) is 29.2 Å². The second-order valence-corrected chi connectivity index (χ2v) is 8.98. The monoisotopic (exact) mass is 419 g/mol. The number of hydrogen-bond acceptors (Lipinski definition) is 4. The number of carbonyl (C=O) groups is 1. The van der Waals surface area contributed by atoms with Gasteiger partial charge >= 0.3 is 0 Å². The van der Waals surface area contributed by atoms with Gasteiger partial charge in [0.15, 0.2) is 6.54 Å². The number of carbonyl (C=O) groups excluding carboxylic acids is 1. The Bertz CT molecular complexity index is 910. The van der Waals surface area contributed by atoms with Crippen LogP contribution < -0.4 is 20.3 Å². The second kappa shape index (κ2) is 9.87. The van der Waals surface area contributed by atoms with E-state index in [1.165, 1.54) is 17.7 Å². The van der Waals surface area contributed by atoms with Gasteiger partial charge in [0.2, 0.25) is 10.0 Å². The molecular weight excluding hydrogens is 388 g/mol. The number of primary sulfonamides is 1. The van der Waals surface area contributed by atoms with Crippen LogP contribution in [0.2, 0.25) is 0 Å². The van der Waals surface area contributed by atoms with E-state index in [1.54, 1.807) is 12.1 Å². The predicted molar refractivity (Wildman–Crippen MR) is 115 cm³/mol. The van der Waals surface area contributed by atoms with Crippen LogP contribution in [0.1, 0.15) is 31.0 Å². The van der Waals surface area contributed by atoms with Crippen LogP contribution >= 0.6 is 0 Å². The maximum absolute atomic E-state index is 12.5. The Kier molecular flexibility index (Phi) is 7.78. The Hall–Kier alpha value is -2.42. The molecule has 0 heterocycles. The van der Waals surface area contributed by atoms with E-state index < -0.39 is 10.0 Å². The summed E-state index contributed by atoms with van der Waals surface area (Å²) in [6, 6.07) is 14.4. The molecule has 0 aliphatic carbocycles. The molecule has 2 rings (SSSR count). The van der Waals surface area contributed by atoms with Crippen molar-refractivity contribution in [1.82, 2.24) is 5.32 Å². The van der Waals surface area contributed by atoms with Crippen LogP contribution in [0, 0.1) is 0 Å². The molecule has 29 heavy (non-hydrogen) atoms. The molecule has 0 fully saturated rings. The van der Waals surface area contributed by atoms with Crippen molar-refractivity contribution in [2.45, 2.75) is 31.3 Å². The molecule has 0 radical (unpaired) electrons. The largest absolute Gasteiger partial charge is 0.378 e. The number of nitrogens with zero attached hydrogens (tertiary/aromatic N) is 1. The van der Waals surface area contributed by atoms with E-state index in [2.05, 4.69) is 41.4 Å². The molecule has 0 spiro atoms. The Morgan fingerprint density at radius 3 is 2.17 bits per heavy atom. The van der Waals surface area contributed by atoms with E-state index >= 15 is 0 Å². The lowest BCUT2D eigenvalue weighted by molar-refractivity contribution is -0.904. The molecule has 1 amide bonds. The summed E-state index contributed by atoms with van der Waals surface area (Å²) in [5, 5.41) is 8.10. The highest BCUT2D eigenvalue weighted by Gasteiger charge is 2.17. The lowest BCUT2D eigenvalue weighted by atomic mass is 10.1. The summed E-state index contributed by atoms with van der Waals surface area (Å²) >= 11 is 0. The molecule has 2 aromatic rings. The first kappa shape index (κ1) is 22.9. The molecule has 7 nitrogen and oxygen atoms in total. The number of anilines is 1. The van der Waals surface area contributed by atoms with Crippen LogP contribution in [0.5, 0.6) is 0 Å². The lowest BCUT2D eigenvalue weighted by Gasteiger charge is -2.20. The average Bonchev–Trinajstić information content (AvgIpc) is 2.67. The summed E-state index contributed by atoms with van der Waals surface area (Å²) in [5.74, 6) is -0.0465. The maximum atomic E-state index is 12.5. The number of amides is 1. The Morgan fingerprint density at radius 2 is 1.69 bits per heavy atom. The molecule has 2 atom stereocenters. The quantitative estimate of drug-likeness (QED) is 0.557. The first-order valence-corrected chi connectivity index (χ1v) is 11.2. The smallest absolute Gasteiger partial charge is 0.275 e. The highest BCUT2D eigenvalue weighted by molar-refractivity contribution is 7.89. The van der Waals surface area contributed by atoms with Crippen LogP contribution in [-0.2, 0) is 21.4 Å². The minimum Gasteiger partial charge on any atom is -0.378 e. The van der Waals surface area contributed by atoms with Gasteiger partial charge in [-0.05, 0) is 43.7 Å². The fraction of sp³-hybridized carbons (Fsp3) is 0.381. The van der Waals surface area contributed by atoms with Crippen molar-refractivity contribution in [3.8, 4) is 0 Å². The topological polar surface area (TPSA) is 96.9 Å². The first-order valence-electron chi connectivity index (χ1n) is 9.62. The molecule has 158 valence electrons. The Morgan fingerprint density at radius 1 is 1.10 bits per heavy atom. The van der Waals surface area contributed by atoms with Crippen molar-refractivity contribution < 1.29 is 18.1 Å². The Labute approximate surface area is 173 Å². The van der Waals surface area contributed by atoms with Gasteiger partial charge in [-0.25, -0.2) is 13.6 Å². The zero-order valence-corrected chi connectivity index (χ0v) is 18.3. The maximum Gasteiger partial charge on any atom is 0.275 e. The molecule has 1 unspecified atom stereocenters. The molecule has 0 aliphatic heterocycles. The van der Waals surface area contributed by atoms with Crippen molar-refractivity contribution >= 4 is 21.6 Å². The number of quaternary nitrogens is 1. The van der Waals surface area contributed by atoms with Crippen LogP contribution in [0.15, 0.2) is 53.4 Å². The summed E-state index contributed by atoms with van der Waals surface area (Å²) in [6.07, 6.45) is 0. The van der Waals surface area contributed by atoms with Gasteiger partial charge in [-0.3, -0.25) is 4.79 Å². The molecule has 4 N–H and O–H groups in total. The average molecular weight is 420 g/mol. The summed E-state index contributed by atoms with van der Waals surface area (Å²) in [6.45, 7) is 5.91. The zero-order chi connectivity index (χ0) is 21.6. The number of nitrogens with one attached hydrogen (secondary N) is 2. The van der Waals surface area contributed by atoms with Gasteiger partial charge in [0.05, 0.1) is 17.5 Å². The van der Waals surface area contributed by atoms with Crippen molar-refractivity contribution in [2.75, 3.05) is 32.1 Å². The third-order valence-electron chi connectivity index (χ3n) is 4.90. The van der Waals surface area contributed by atoms with Crippen molar-refractivity contribution in [1.29, 1.82) is 0 Å². The number of sulfonamides is 1. The SMILES string of the molecule is CC[NH+](CC(=O)N[C@H](C)c1ccc(S(N)(=O)=O)cc1)Cc1ccc(N(C)C)cc1. The van der Waals surface area contributed by atoms with E-state index in [-0.39, 0.29) is 16.8 Å². The van der Waals surface area contributed by atoms with Gasteiger partial charge in [-0.15, -0.1) is 0 Å². The summed E-state index contributed by atoms with van der Waals surface area (Å²) in [7, 11) is 0.295. The minimum atomic E-state index is -3.72. The van der Waals surface area contributed by atoms with E-state index in [4.69, 9.17) is 5.14 Å². The van der Waals surface area contributed by atoms with Gasteiger partial charge in [0.1, 0.15) is 6.54 Å². The van der Waals surface area contributed by atoms with Gasteiger partial charge in [0.25, 0.3) is 5.91 Å². The van der Waals surface area contributed by atoms with Crippen LogP contribution in [0.3, 0.4) is 0 Å². The van der Waals surface area contributed by atoms with Crippen LogP contribution in [0.25, 0.3) is 0 Å². The third kappa shape index (κ3) is 6.85. The van der Waals surface area contributed by atoms with Crippen molar-refractivity contribution in [3.63, 3.8) is 0 Å². The second-order valence-electron chi connectivity index (χ2n) is 7.42. The molecule has 8 heteroatoms. The van der Waals surface area contributed by atoms with Gasteiger partial charge in [0, 0.05) is 25.3 Å². The summed E-state index contributed by atoms with van der Waals surface area (Å²) in [4.78, 5) is 15.8. The number of benzene rings is 2. The Balaban J connectivity index is 1.93. The van der Waals surface area contributed by atoms with Crippen LogP contribution in [-0.4, -0.2) is 41.5 Å². The number of hydrogen-bond donors (Lipinski definition) is 3. The van der Waals surface area contributed by atoms with Gasteiger partial charge < -0.3 is 15.1 Å². The number of rotatable bonds is 9. The highest BCUT2D eigenvalue weighted by atomic mass is 32.2. The molecule has 0 aliphatic rings. The fourth-order valence-corrected chi connectivity index (χ4v) is 3.58. The van der Waals surface area contributed by atoms with Crippen molar-refractivity contribution in [3.05, 3.63) is 59.7 Å². The van der Waals surface area contributed by atoms with Gasteiger partial charge in [-0.1, -0.05) is 24.3 Å². The van der Waals surface area contributed by atoms with Crippen LogP contribution in [0.4, 0.5) is 5.69 Å². The number of likely N-dealkylation sites (N-methyl/N-ethyl adjacent to an activating group) is 1. The standard InChI is InChI=1S/C21H30N4O3S/c1-5-25(14-17-6-10-19(11-7-17)24(3)4)15-21(26)23-16(2)18-8-12-20(13-9-18)29(22,27)28/h6-13,16H,5,14-15H2,1-4H3,(H,23,26)(H2,22,27,28)/p+1/t16-/m1/s1. The normalized spacial score (nSPS) is 13.6. The molecule has 0 aromatic heterocycles. The highest BCUT2D eigenvalue weighted by Crippen LogP contribution is 2.15. The molecule has 2 aromatic carbocycles. The van der Waals surface area contributed by atoms with E-state index in [0.29, 0.717) is 6.54 Å².